The number of hydrogen-bond acceptors (Lipinski definition) is 5. The Morgan fingerprint density at radius 1 is 1.35 bits per heavy atom. The van der Waals surface area contributed by atoms with Crippen LogP contribution >= 0.6 is 15.9 Å². The van der Waals surface area contributed by atoms with E-state index < -0.39 is 0 Å². The van der Waals surface area contributed by atoms with Gasteiger partial charge in [-0.2, -0.15) is 4.98 Å². The summed E-state index contributed by atoms with van der Waals surface area (Å²) in [6.45, 7) is 4.64. The third-order valence-electron chi connectivity index (χ3n) is 2.67. The molecule has 0 fully saturated rings. The first-order valence-corrected chi connectivity index (χ1v) is 7.17. The molecular formula is C14H17BrN4O. The Morgan fingerprint density at radius 3 is 2.85 bits per heavy atom. The zero-order valence-electron chi connectivity index (χ0n) is 11.5. The van der Waals surface area contributed by atoms with Crippen LogP contribution in [0.4, 0.5) is 17.2 Å². The Morgan fingerprint density at radius 2 is 2.15 bits per heavy atom. The van der Waals surface area contributed by atoms with Gasteiger partial charge in [-0.3, -0.25) is 0 Å². The Labute approximate surface area is 126 Å². The number of rotatable bonds is 5. The summed E-state index contributed by atoms with van der Waals surface area (Å²) in [6, 6.07) is 6.00. The normalized spacial score (nSPS) is 10.3. The molecule has 0 aliphatic rings. The predicted molar refractivity (Wildman–Crippen MR) is 84.4 cm³/mol. The minimum Gasteiger partial charge on any atom is -0.476 e. The third-order valence-corrected chi connectivity index (χ3v) is 3.32. The van der Waals surface area contributed by atoms with Gasteiger partial charge in [0.05, 0.1) is 12.3 Å². The molecule has 6 heteroatoms. The van der Waals surface area contributed by atoms with E-state index in [1.54, 1.807) is 0 Å². The monoisotopic (exact) mass is 336 g/mol. The van der Waals surface area contributed by atoms with Gasteiger partial charge in [0.2, 0.25) is 5.88 Å². The Hall–Kier alpha value is -1.82. The van der Waals surface area contributed by atoms with E-state index in [9.17, 15) is 0 Å². The van der Waals surface area contributed by atoms with E-state index >= 15 is 0 Å². The fourth-order valence-corrected chi connectivity index (χ4v) is 2.23. The summed E-state index contributed by atoms with van der Waals surface area (Å²) in [5.74, 6) is 0.947. The zero-order chi connectivity index (χ0) is 14.5. The molecule has 0 spiro atoms. The highest BCUT2D eigenvalue weighted by molar-refractivity contribution is 9.10. The molecule has 0 bridgehead atoms. The highest BCUT2D eigenvalue weighted by atomic mass is 79.9. The topological polar surface area (TPSA) is 73.1 Å². The SMILES string of the molecule is CCCOc1ncnc(Nc2ccc(C)cc2Br)c1N. The van der Waals surface area contributed by atoms with E-state index in [1.807, 2.05) is 32.0 Å². The van der Waals surface area contributed by atoms with Gasteiger partial charge in [0.1, 0.15) is 12.0 Å². The van der Waals surface area contributed by atoms with Crippen molar-refractivity contribution in [2.45, 2.75) is 20.3 Å². The number of anilines is 3. The fraction of sp³-hybridized carbons (Fsp3) is 0.286. The smallest absolute Gasteiger partial charge is 0.242 e. The average molecular weight is 337 g/mol. The molecular weight excluding hydrogens is 320 g/mol. The summed E-state index contributed by atoms with van der Waals surface area (Å²) in [4.78, 5) is 8.20. The summed E-state index contributed by atoms with van der Waals surface area (Å²) < 4.78 is 6.44. The molecule has 0 saturated heterocycles. The van der Waals surface area contributed by atoms with Crippen LogP contribution in [0.25, 0.3) is 0 Å². The molecule has 0 amide bonds. The Balaban J connectivity index is 2.24. The van der Waals surface area contributed by atoms with Crippen molar-refractivity contribution in [2.24, 2.45) is 0 Å². The van der Waals surface area contributed by atoms with Crippen LogP contribution in [0.1, 0.15) is 18.9 Å². The molecule has 0 radical (unpaired) electrons. The second-order valence-corrected chi connectivity index (χ2v) is 5.25. The van der Waals surface area contributed by atoms with Crippen LogP contribution < -0.4 is 15.8 Å². The molecule has 5 nitrogen and oxygen atoms in total. The second-order valence-electron chi connectivity index (χ2n) is 4.40. The van der Waals surface area contributed by atoms with Gasteiger partial charge in [0.25, 0.3) is 0 Å². The van der Waals surface area contributed by atoms with Gasteiger partial charge in [0, 0.05) is 4.47 Å². The number of halogens is 1. The van der Waals surface area contributed by atoms with Gasteiger partial charge >= 0.3 is 0 Å². The summed E-state index contributed by atoms with van der Waals surface area (Å²) in [5, 5.41) is 3.18. The molecule has 1 aromatic carbocycles. The minimum absolute atomic E-state index is 0.410. The van der Waals surface area contributed by atoms with Gasteiger partial charge in [-0.15, -0.1) is 0 Å². The van der Waals surface area contributed by atoms with Gasteiger partial charge in [-0.1, -0.05) is 13.0 Å². The zero-order valence-corrected chi connectivity index (χ0v) is 13.1. The molecule has 0 atom stereocenters. The van der Waals surface area contributed by atoms with Gasteiger partial charge in [-0.05, 0) is 47.0 Å². The number of aryl methyl sites for hydroxylation is 1. The molecule has 2 rings (SSSR count). The number of nitrogens with two attached hydrogens (primary N) is 1. The number of hydrogen-bond donors (Lipinski definition) is 2. The van der Waals surface area contributed by atoms with Crippen LogP contribution in [0.3, 0.4) is 0 Å². The lowest BCUT2D eigenvalue weighted by molar-refractivity contribution is 0.307. The molecule has 0 aliphatic carbocycles. The number of benzene rings is 1. The number of ether oxygens (including phenoxy) is 1. The molecule has 0 aliphatic heterocycles. The largest absolute Gasteiger partial charge is 0.476 e. The number of aromatic nitrogens is 2. The van der Waals surface area contributed by atoms with Gasteiger partial charge < -0.3 is 15.8 Å². The van der Waals surface area contributed by atoms with Crippen molar-refractivity contribution in [3.8, 4) is 5.88 Å². The molecule has 20 heavy (non-hydrogen) atoms. The Kier molecular flexibility index (Phi) is 4.79. The van der Waals surface area contributed by atoms with Crippen LogP contribution in [-0.4, -0.2) is 16.6 Å². The first-order chi connectivity index (χ1) is 9.61. The summed E-state index contributed by atoms with van der Waals surface area (Å²) in [5.41, 5.74) is 8.50. The van der Waals surface area contributed by atoms with Crippen molar-refractivity contribution in [2.75, 3.05) is 17.7 Å². The summed E-state index contributed by atoms with van der Waals surface area (Å²) >= 11 is 3.51. The van der Waals surface area contributed by atoms with E-state index in [0.29, 0.717) is 24.0 Å². The van der Waals surface area contributed by atoms with E-state index in [2.05, 4.69) is 31.2 Å². The van der Waals surface area contributed by atoms with Crippen LogP contribution in [0, 0.1) is 6.92 Å². The lowest BCUT2D eigenvalue weighted by Crippen LogP contribution is -2.06. The maximum Gasteiger partial charge on any atom is 0.242 e. The highest BCUT2D eigenvalue weighted by Crippen LogP contribution is 2.31. The number of nitrogens with zero attached hydrogens (tertiary/aromatic N) is 2. The van der Waals surface area contributed by atoms with Crippen molar-refractivity contribution in [3.63, 3.8) is 0 Å². The quantitative estimate of drug-likeness (QED) is 0.871. The second kappa shape index (κ2) is 6.56. The maximum atomic E-state index is 6.02. The molecule has 106 valence electrons. The van der Waals surface area contributed by atoms with Crippen LogP contribution in [0.5, 0.6) is 5.88 Å². The van der Waals surface area contributed by atoms with E-state index in [4.69, 9.17) is 10.5 Å². The lowest BCUT2D eigenvalue weighted by atomic mass is 10.2. The molecule has 2 aromatic rings. The molecule has 0 saturated carbocycles. The van der Waals surface area contributed by atoms with Crippen molar-refractivity contribution >= 4 is 33.1 Å². The lowest BCUT2D eigenvalue weighted by Gasteiger charge is -2.12. The first-order valence-electron chi connectivity index (χ1n) is 6.38. The van der Waals surface area contributed by atoms with Crippen LogP contribution in [0.15, 0.2) is 29.0 Å². The number of nitrogen functional groups attached to an aromatic ring is 1. The molecule has 1 heterocycles. The van der Waals surface area contributed by atoms with Gasteiger partial charge in [0.15, 0.2) is 5.82 Å². The summed E-state index contributed by atoms with van der Waals surface area (Å²) in [6.07, 6.45) is 2.33. The van der Waals surface area contributed by atoms with Crippen molar-refractivity contribution in [1.29, 1.82) is 0 Å². The van der Waals surface area contributed by atoms with Crippen molar-refractivity contribution in [3.05, 3.63) is 34.6 Å². The average Bonchev–Trinajstić information content (AvgIpc) is 2.42. The molecule has 3 N–H and O–H groups in total. The molecule has 1 aromatic heterocycles. The van der Waals surface area contributed by atoms with E-state index in [1.165, 1.54) is 11.9 Å². The van der Waals surface area contributed by atoms with Crippen molar-refractivity contribution < 1.29 is 4.74 Å². The first kappa shape index (κ1) is 14.6. The minimum atomic E-state index is 0.410. The maximum absolute atomic E-state index is 6.02. The summed E-state index contributed by atoms with van der Waals surface area (Å²) in [7, 11) is 0. The predicted octanol–water partition coefficient (Wildman–Crippen LogP) is 3.66. The van der Waals surface area contributed by atoms with Gasteiger partial charge in [-0.25, -0.2) is 4.98 Å². The fourth-order valence-electron chi connectivity index (χ4n) is 1.64. The third kappa shape index (κ3) is 3.39. The highest BCUT2D eigenvalue weighted by Gasteiger charge is 2.10. The van der Waals surface area contributed by atoms with Crippen LogP contribution in [0.2, 0.25) is 0 Å². The standard InChI is InChI=1S/C14H17BrN4O/c1-3-6-20-14-12(16)13(17-8-18-14)19-11-5-4-9(2)7-10(11)15/h4-5,7-8H,3,6,16H2,1-2H3,(H,17,18,19). The van der Waals surface area contributed by atoms with Crippen molar-refractivity contribution in [1.82, 2.24) is 9.97 Å². The molecule has 0 unspecified atom stereocenters. The van der Waals surface area contributed by atoms with E-state index in [0.717, 1.165) is 16.6 Å². The van der Waals surface area contributed by atoms with E-state index in [-0.39, 0.29) is 0 Å². The Bertz CT molecular complexity index is 604. The number of nitrogens with one attached hydrogen (secondary N) is 1. The van der Waals surface area contributed by atoms with Crippen LogP contribution in [-0.2, 0) is 0 Å².